The van der Waals surface area contributed by atoms with Gasteiger partial charge in [-0.3, -0.25) is 9.59 Å². The van der Waals surface area contributed by atoms with Crippen molar-refractivity contribution < 1.29 is 19.1 Å². The first-order valence-electron chi connectivity index (χ1n) is 9.51. The van der Waals surface area contributed by atoms with Crippen LogP contribution in [0.15, 0.2) is 65.7 Å². The number of nitrogens with zero attached hydrogens (tertiary/aromatic N) is 2. The lowest BCUT2D eigenvalue weighted by Gasteiger charge is -2.09. The fraction of sp³-hybridized carbons (Fsp3) is 0.174. The maximum Gasteiger partial charge on any atom is 0.325 e. The number of hydrogen-bond acceptors (Lipinski definition) is 5. The Hall–Kier alpha value is -3.45. The number of ether oxygens (including phenoxy) is 2. The van der Waals surface area contributed by atoms with Crippen LogP contribution in [-0.4, -0.2) is 30.2 Å². The predicted molar refractivity (Wildman–Crippen MR) is 117 cm³/mol. The fourth-order valence-electron chi connectivity index (χ4n) is 3.35. The van der Waals surface area contributed by atoms with E-state index in [0.717, 1.165) is 21.0 Å². The van der Waals surface area contributed by atoms with Crippen LogP contribution >= 0.6 is 11.3 Å². The zero-order chi connectivity index (χ0) is 21.1. The molecule has 1 aromatic heterocycles. The molecule has 0 saturated heterocycles. The van der Waals surface area contributed by atoms with Gasteiger partial charge in [0.25, 0.3) is 5.91 Å². The molecule has 0 bridgehead atoms. The molecule has 0 N–H and O–H groups in total. The quantitative estimate of drug-likeness (QED) is 0.455. The van der Waals surface area contributed by atoms with E-state index in [-0.39, 0.29) is 12.5 Å². The van der Waals surface area contributed by atoms with E-state index in [4.69, 9.17) is 9.47 Å². The lowest BCUT2D eigenvalue weighted by molar-refractivity contribution is -0.141. The highest BCUT2D eigenvalue weighted by atomic mass is 32.1. The Kier molecular flexibility index (Phi) is 5.63. The third-order valence-electron chi connectivity index (χ3n) is 4.70. The van der Waals surface area contributed by atoms with E-state index >= 15 is 0 Å². The molecule has 0 unspecified atom stereocenters. The molecule has 152 valence electrons. The fourth-order valence-corrected chi connectivity index (χ4v) is 4.40. The second kappa shape index (κ2) is 8.51. The summed E-state index contributed by atoms with van der Waals surface area (Å²) in [7, 11) is 1.33. The lowest BCUT2D eigenvalue weighted by Crippen LogP contribution is -2.22. The lowest BCUT2D eigenvalue weighted by atomic mass is 10.0. The molecule has 1 amide bonds. The summed E-state index contributed by atoms with van der Waals surface area (Å²) in [6.45, 7) is 2.31. The van der Waals surface area contributed by atoms with Crippen molar-refractivity contribution in [2.24, 2.45) is 4.99 Å². The first-order valence-corrected chi connectivity index (χ1v) is 10.3. The molecule has 6 nitrogen and oxygen atoms in total. The van der Waals surface area contributed by atoms with E-state index in [1.54, 1.807) is 10.6 Å². The molecular weight excluding hydrogens is 400 g/mol. The number of rotatable bonds is 5. The minimum Gasteiger partial charge on any atom is -0.492 e. The molecule has 0 spiro atoms. The summed E-state index contributed by atoms with van der Waals surface area (Å²) in [5.41, 5.74) is 1.24. The molecule has 0 fully saturated rings. The molecule has 0 saturated carbocycles. The van der Waals surface area contributed by atoms with E-state index in [1.165, 1.54) is 18.4 Å². The van der Waals surface area contributed by atoms with Crippen LogP contribution in [0.2, 0.25) is 0 Å². The Morgan fingerprint density at radius 1 is 1.03 bits per heavy atom. The number of aromatic nitrogens is 1. The van der Waals surface area contributed by atoms with Gasteiger partial charge in [0.15, 0.2) is 4.80 Å². The number of esters is 1. The Bertz CT molecular complexity index is 1310. The number of benzene rings is 3. The maximum absolute atomic E-state index is 13.1. The van der Waals surface area contributed by atoms with Crippen molar-refractivity contribution in [3.63, 3.8) is 0 Å². The van der Waals surface area contributed by atoms with Gasteiger partial charge in [0, 0.05) is 5.56 Å². The molecule has 0 atom stereocenters. The zero-order valence-electron chi connectivity index (χ0n) is 16.6. The highest BCUT2D eigenvalue weighted by Gasteiger charge is 2.16. The van der Waals surface area contributed by atoms with E-state index < -0.39 is 5.97 Å². The predicted octanol–water partition coefficient (Wildman–Crippen LogP) is 4.17. The number of para-hydroxylation sites is 1. The Balaban J connectivity index is 1.91. The average Bonchev–Trinajstić information content (AvgIpc) is 3.11. The van der Waals surface area contributed by atoms with Crippen LogP contribution in [0.25, 0.3) is 21.0 Å². The van der Waals surface area contributed by atoms with Crippen molar-refractivity contribution >= 4 is 44.2 Å². The van der Waals surface area contributed by atoms with Gasteiger partial charge in [0.1, 0.15) is 17.8 Å². The van der Waals surface area contributed by atoms with Gasteiger partial charge >= 0.3 is 5.97 Å². The average molecular weight is 420 g/mol. The summed E-state index contributed by atoms with van der Waals surface area (Å²) in [5.74, 6) is -0.163. The largest absolute Gasteiger partial charge is 0.492 e. The van der Waals surface area contributed by atoms with Gasteiger partial charge in [-0.2, -0.15) is 4.99 Å². The SMILES string of the molecule is CCOc1cccc2sc(=NC(=O)c3cccc4ccccc34)n(CC(=O)OC)c12. The second-order valence-corrected chi connectivity index (χ2v) is 7.54. The Labute approximate surface area is 177 Å². The van der Waals surface area contributed by atoms with Crippen LogP contribution in [0.3, 0.4) is 0 Å². The molecule has 0 aliphatic carbocycles. The minimum absolute atomic E-state index is 0.0672. The van der Waals surface area contributed by atoms with Crippen molar-refractivity contribution in [1.29, 1.82) is 0 Å². The second-order valence-electron chi connectivity index (χ2n) is 6.53. The van der Waals surface area contributed by atoms with Gasteiger partial charge in [-0.1, -0.05) is 53.8 Å². The zero-order valence-corrected chi connectivity index (χ0v) is 17.4. The monoisotopic (exact) mass is 420 g/mol. The van der Waals surface area contributed by atoms with E-state index in [2.05, 4.69) is 4.99 Å². The molecule has 7 heteroatoms. The minimum atomic E-state index is -0.430. The van der Waals surface area contributed by atoms with E-state index in [0.29, 0.717) is 22.7 Å². The van der Waals surface area contributed by atoms with E-state index in [9.17, 15) is 9.59 Å². The normalized spacial score (nSPS) is 11.7. The standard InChI is InChI=1S/C23H20N2O4S/c1-3-29-18-12-7-13-19-21(18)25(14-20(26)28-2)23(30-19)24-22(27)17-11-6-9-15-8-4-5-10-16(15)17/h4-13H,3,14H2,1-2H3. The summed E-state index contributed by atoms with van der Waals surface area (Å²) in [4.78, 5) is 30.0. The highest BCUT2D eigenvalue weighted by Crippen LogP contribution is 2.28. The number of thiazole rings is 1. The van der Waals surface area contributed by atoms with Crippen LogP contribution in [-0.2, 0) is 16.1 Å². The third-order valence-corrected chi connectivity index (χ3v) is 5.74. The molecule has 4 aromatic rings. The number of methoxy groups -OCH3 is 1. The van der Waals surface area contributed by atoms with Crippen LogP contribution in [0.4, 0.5) is 0 Å². The van der Waals surface area contributed by atoms with Crippen LogP contribution < -0.4 is 9.54 Å². The smallest absolute Gasteiger partial charge is 0.325 e. The molecule has 3 aromatic carbocycles. The maximum atomic E-state index is 13.1. The molecule has 0 aliphatic rings. The van der Waals surface area contributed by atoms with Crippen LogP contribution in [0.1, 0.15) is 17.3 Å². The highest BCUT2D eigenvalue weighted by molar-refractivity contribution is 7.16. The number of fused-ring (bicyclic) bond motifs is 2. The Morgan fingerprint density at radius 3 is 2.60 bits per heavy atom. The summed E-state index contributed by atoms with van der Waals surface area (Å²) in [6.07, 6.45) is 0. The van der Waals surface area contributed by atoms with Gasteiger partial charge in [0.05, 0.1) is 18.4 Å². The summed E-state index contributed by atoms with van der Waals surface area (Å²) < 4.78 is 13.1. The molecule has 4 rings (SSSR count). The summed E-state index contributed by atoms with van der Waals surface area (Å²) >= 11 is 1.33. The van der Waals surface area contributed by atoms with Gasteiger partial charge in [-0.15, -0.1) is 0 Å². The van der Waals surface area contributed by atoms with Gasteiger partial charge in [-0.25, -0.2) is 0 Å². The topological polar surface area (TPSA) is 69.9 Å². The molecule has 0 radical (unpaired) electrons. The molecule has 0 aliphatic heterocycles. The number of amides is 1. The van der Waals surface area contributed by atoms with Crippen molar-refractivity contribution in [2.75, 3.05) is 13.7 Å². The van der Waals surface area contributed by atoms with Crippen LogP contribution in [0.5, 0.6) is 5.75 Å². The molecule has 1 heterocycles. The van der Waals surface area contributed by atoms with Crippen LogP contribution in [0, 0.1) is 0 Å². The number of carbonyl (C=O) groups is 2. The molecular formula is C23H20N2O4S. The third kappa shape index (κ3) is 3.71. The number of carbonyl (C=O) groups excluding carboxylic acids is 2. The van der Waals surface area contributed by atoms with Crippen molar-refractivity contribution in [3.05, 3.63) is 71.0 Å². The van der Waals surface area contributed by atoms with Crippen molar-refractivity contribution in [1.82, 2.24) is 4.57 Å². The summed E-state index contributed by atoms with van der Waals surface area (Å²) in [6, 6.07) is 18.9. The first-order chi connectivity index (χ1) is 14.6. The van der Waals surface area contributed by atoms with Gasteiger partial charge in [0.2, 0.25) is 0 Å². The number of hydrogen-bond donors (Lipinski definition) is 0. The first kappa shape index (κ1) is 19.8. The summed E-state index contributed by atoms with van der Waals surface area (Å²) in [5, 5.41) is 1.81. The van der Waals surface area contributed by atoms with Gasteiger partial charge in [-0.05, 0) is 35.9 Å². The van der Waals surface area contributed by atoms with Crippen molar-refractivity contribution in [2.45, 2.75) is 13.5 Å². The Morgan fingerprint density at radius 2 is 1.80 bits per heavy atom. The molecule has 30 heavy (non-hydrogen) atoms. The van der Waals surface area contributed by atoms with Gasteiger partial charge < -0.3 is 14.0 Å². The van der Waals surface area contributed by atoms with Crippen molar-refractivity contribution in [3.8, 4) is 5.75 Å². The van der Waals surface area contributed by atoms with E-state index in [1.807, 2.05) is 61.5 Å².